The first-order chi connectivity index (χ1) is 7.27. The number of benzene rings is 1. The van der Waals surface area contributed by atoms with E-state index in [2.05, 4.69) is 36.9 Å². The molecule has 1 aromatic heterocycles. The lowest BCUT2D eigenvalue weighted by molar-refractivity contribution is 1.03. The van der Waals surface area contributed by atoms with Gasteiger partial charge < -0.3 is 0 Å². The van der Waals surface area contributed by atoms with Crippen LogP contribution in [-0.2, 0) is 6.54 Å². The van der Waals surface area contributed by atoms with Gasteiger partial charge in [-0.2, -0.15) is 0 Å². The van der Waals surface area contributed by atoms with Crippen LogP contribution in [0.15, 0.2) is 35.8 Å². The van der Waals surface area contributed by atoms with Crippen molar-refractivity contribution in [3.05, 3.63) is 47.0 Å². The van der Waals surface area contributed by atoms with Gasteiger partial charge in [-0.05, 0) is 18.1 Å². The van der Waals surface area contributed by atoms with Crippen LogP contribution in [0.4, 0.5) is 5.13 Å². The minimum Gasteiger partial charge on any atom is -0.290 e. The van der Waals surface area contributed by atoms with Crippen LogP contribution < -0.4 is 4.31 Å². The van der Waals surface area contributed by atoms with Crippen LogP contribution in [0.3, 0.4) is 0 Å². The lowest BCUT2D eigenvalue weighted by atomic mass is 10.1. The fourth-order valence-electron chi connectivity index (χ4n) is 1.36. The van der Waals surface area contributed by atoms with Crippen molar-refractivity contribution < 1.29 is 0 Å². The summed E-state index contributed by atoms with van der Waals surface area (Å²) in [5, 5.41) is 2.89. The average Bonchev–Trinajstić information content (AvgIpc) is 2.74. The zero-order chi connectivity index (χ0) is 10.7. The normalized spacial score (nSPS) is 10.3. The van der Waals surface area contributed by atoms with E-state index < -0.39 is 0 Å². The van der Waals surface area contributed by atoms with Crippen molar-refractivity contribution in [3.8, 4) is 0 Å². The van der Waals surface area contributed by atoms with Crippen molar-refractivity contribution in [2.24, 2.45) is 0 Å². The highest BCUT2D eigenvalue weighted by atomic mass is 32.1. The molecule has 0 fully saturated rings. The van der Waals surface area contributed by atoms with Crippen molar-refractivity contribution in [2.75, 3.05) is 4.31 Å². The van der Waals surface area contributed by atoms with E-state index in [0.29, 0.717) is 0 Å². The van der Waals surface area contributed by atoms with E-state index in [0.717, 1.165) is 11.7 Å². The summed E-state index contributed by atoms with van der Waals surface area (Å²) >= 11 is 6.02. The molecule has 0 N–H and O–H groups in total. The highest BCUT2D eigenvalue weighted by Gasteiger charge is 2.06. The molecule has 78 valence electrons. The molecule has 0 aliphatic carbocycles. The summed E-state index contributed by atoms with van der Waals surface area (Å²) in [7, 11) is 0. The van der Waals surface area contributed by atoms with E-state index in [1.165, 1.54) is 11.1 Å². The topological polar surface area (TPSA) is 16.1 Å². The number of nitrogens with zero attached hydrogens (tertiary/aromatic N) is 2. The Hall–Kier alpha value is -1.000. The summed E-state index contributed by atoms with van der Waals surface area (Å²) in [4.78, 5) is 4.21. The first-order valence-electron chi connectivity index (χ1n) is 4.68. The van der Waals surface area contributed by atoms with Gasteiger partial charge in [0.1, 0.15) is 0 Å². The Morgan fingerprint density at radius 1 is 1.40 bits per heavy atom. The second kappa shape index (κ2) is 4.68. The molecule has 0 spiro atoms. The van der Waals surface area contributed by atoms with Gasteiger partial charge in [0.25, 0.3) is 0 Å². The number of thiazole rings is 1. The molecule has 0 aliphatic heterocycles. The maximum atomic E-state index is 4.43. The van der Waals surface area contributed by atoms with Crippen LogP contribution in [0.1, 0.15) is 11.1 Å². The molecule has 15 heavy (non-hydrogen) atoms. The first-order valence-corrected chi connectivity index (χ1v) is 5.96. The molecule has 1 heterocycles. The van der Waals surface area contributed by atoms with E-state index in [1.54, 1.807) is 17.5 Å². The predicted octanol–water partition coefficient (Wildman–Crippen LogP) is 3.30. The van der Waals surface area contributed by atoms with Crippen LogP contribution in [0, 0.1) is 6.92 Å². The highest BCUT2D eigenvalue weighted by Crippen LogP contribution is 2.22. The molecular formula is C11H12N2S2. The Morgan fingerprint density at radius 3 is 2.87 bits per heavy atom. The molecule has 2 nitrogen and oxygen atoms in total. The van der Waals surface area contributed by atoms with Gasteiger partial charge >= 0.3 is 0 Å². The largest absolute Gasteiger partial charge is 0.290 e. The number of aromatic nitrogens is 1. The summed E-state index contributed by atoms with van der Waals surface area (Å²) in [5.41, 5.74) is 2.57. The first kappa shape index (κ1) is 10.5. The second-order valence-electron chi connectivity index (χ2n) is 3.30. The van der Waals surface area contributed by atoms with Gasteiger partial charge in [0.05, 0.1) is 6.54 Å². The molecule has 0 amide bonds. The molecule has 0 radical (unpaired) electrons. The molecular weight excluding hydrogens is 224 g/mol. The van der Waals surface area contributed by atoms with Crippen molar-refractivity contribution in [3.63, 3.8) is 0 Å². The standard InChI is InChI=1S/C11H12N2S2/c1-9-4-2-3-5-10(9)8-13(14)11-12-6-7-15-11/h2-7,14H,8H2,1H3. The van der Waals surface area contributed by atoms with Gasteiger partial charge in [-0.1, -0.05) is 37.1 Å². The van der Waals surface area contributed by atoms with Crippen LogP contribution in [0.2, 0.25) is 0 Å². The van der Waals surface area contributed by atoms with Crippen molar-refractivity contribution in [1.29, 1.82) is 0 Å². The van der Waals surface area contributed by atoms with Crippen molar-refractivity contribution in [2.45, 2.75) is 13.5 Å². The fourth-order valence-corrected chi connectivity index (χ4v) is 2.26. The third-order valence-corrected chi connectivity index (χ3v) is 3.48. The van der Waals surface area contributed by atoms with Crippen molar-refractivity contribution in [1.82, 2.24) is 4.98 Å². The Bertz CT molecular complexity index is 426. The zero-order valence-electron chi connectivity index (χ0n) is 8.42. The molecule has 2 aromatic rings. The van der Waals surface area contributed by atoms with Gasteiger partial charge in [0.2, 0.25) is 0 Å². The molecule has 4 heteroatoms. The van der Waals surface area contributed by atoms with Crippen LogP contribution in [-0.4, -0.2) is 4.98 Å². The smallest absolute Gasteiger partial charge is 0.195 e. The van der Waals surface area contributed by atoms with Gasteiger partial charge in [-0.15, -0.1) is 11.3 Å². The lowest BCUT2D eigenvalue weighted by Crippen LogP contribution is -2.10. The average molecular weight is 236 g/mol. The Kier molecular flexibility index (Phi) is 3.28. The predicted molar refractivity (Wildman–Crippen MR) is 68.5 cm³/mol. The minimum atomic E-state index is 0.781. The van der Waals surface area contributed by atoms with Crippen LogP contribution in [0.25, 0.3) is 0 Å². The van der Waals surface area contributed by atoms with Crippen LogP contribution >= 0.6 is 24.2 Å². The van der Waals surface area contributed by atoms with Gasteiger partial charge in [-0.25, -0.2) is 4.98 Å². The van der Waals surface area contributed by atoms with Gasteiger partial charge in [0.15, 0.2) is 5.13 Å². The lowest BCUT2D eigenvalue weighted by Gasteiger charge is -2.15. The molecule has 0 aliphatic rings. The summed E-state index contributed by atoms with van der Waals surface area (Å²) in [6, 6.07) is 8.32. The Balaban J connectivity index is 2.13. The van der Waals surface area contributed by atoms with Gasteiger partial charge in [-0.3, -0.25) is 4.31 Å². The van der Waals surface area contributed by atoms with E-state index >= 15 is 0 Å². The molecule has 2 rings (SSSR count). The SMILES string of the molecule is Cc1ccccc1CN(S)c1nccs1. The van der Waals surface area contributed by atoms with Gasteiger partial charge in [0, 0.05) is 11.6 Å². The van der Waals surface area contributed by atoms with E-state index in [-0.39, 0.29) is 0 Å². The maximum absolute atomic E-state index is 4.43. The number of hydrogen-bond acceptors (Lipinski definition) is 4. The van der Waals surface area contributed by atoms with Crippen molar-refractivity contribution >= 4 is 29.3 Å². The minimum absolute atomic E-state index is 0.781. The van der Waals surface area contributed by atoms with E-state index in [9.17, 15) is 0 Å². The molecule has 0 atom stereocenters. The number of anilines is 1. The maximum Gasteiger partial charge on any atom is 0.195 e. The second-order valence-corrected chi connectivity index (χ2v) is 4.65. The Morgan fingerprint density at radius 2 is 2.20 bits per heavy atom. The van der Waals surface area contributed by atoms with E-state index in [4.69, 9.17) is 0 Å². The fraction of sp³-hybridized carbons (Fsp3) is 0.182. The summed E-state index contributed by atoms with van der Waals surface area (Å²) in [5.74, 6) is 0. The number of thiol groups is 1. The highest BCUT2D eigenvalue weighted by molar-refractivity contribution is 7.82. The molecule has 0 bridgehead atoms. The molecule has 0 saturated carbocycles. The van der Waals surface area contributed by atoms with Crippen LogP contribution in [0.5, 0.6) is 0 Å². The zero-order valence-corrected chi connectivity index (χ0v) is 10.1. The molecule has 1 aromatic carbocycles. The Labute approximate surface area is 99.1 Å². The third-order valence-electron chi connectivity index (χ3n) is 2.22. The number of hydrogen-bond donors (Lipinski definition) is 1. The number of rotatable bonds is 3. The summed E-state index contributed by atoms with van der Waals surface area (Å²) < 4.78 is 1.87. The monoisotopic (exact) mass is 236 g/mol. The molecule has 0 saturated heterocycles. The third kappa shape index (κ3) is 2.52. The van der Waals surface area contributed by atoms with E-state index in [1.807, 2.05) is 21.8 Å². The molecule has 0 unspecified atom stereocenters. The quantitative estimate of drug-likeness (QED) is 0.823. The number of aryl methyl sites for hydroxylation is 1. The summed E-state index contributed by atoms with van der Waals surface area (Å²) in [6.45, 7) is 2.89. The summed E-state index contributed by atoms with van der Waals surface area (Å²) in [6.07, 6.45) is 1.79.